The summed E-state index contributed by atoms with van der Waals surface area (Å²) in [5.41, 5.74) is -0.486. The molecule has 0 spiro atoms. The molecule has 1 heterocycles. The lowest BCUT2D eigenvalue weighted by Crippen LogP contribution is -2.50. The van der Waals surface area contributed by atoms with Gasteiger partial charge in [-0.05, 0) is 47.0 Å². The number of ether oxygens (including phenoxy) is 1. The fourth-order valence-electron chi connectivity index (χ4n) is 2.27. The molecule has 98 valence electrons. The van der Waals surface area contributed by atoms with Gasteiger partial charge in [0.1, 0.15) is 11.9 Å². The summed E-state index contributed by atoms with van der Waals surface area (Å²) in [4.78, 5) is 24.5. The maximum Gasteiger partial charge on any atom is 0.410 e. The number of aldehydes is 1. The maximum absolute atomic E-state index is 12.1. The van der Waals surface area contributed by atoms with E-state index in [-0.39, 0.29) is 18.2 Å². The number of likely N-dealkylation sites (tertiary alicyclic amines) is 1. The van der Waals surface area contributed by atoms with Gasteiger partial charge in [0.25, 0.3) is 0 Å². The fraction of sp³-hybridized carbons (Fsp3) is 0.846. The van der Waals surface area contributed by atoms with E-state index in [0.717, 1.165) is 25.5 Å². The van der Waals surface area contributed by atoms with Crippen molar-refractivity contribution in [2.75, 3.05) is 0 Å². The van der Waals surface area contributed by atoms with Crippen LogP contribution in [0, 0.1) is 0 Å². The van der Waals surface area contributed by atoms with Gasteiger partial charge in [-0.25, -0.2) is 4.79 Å². The molecule has 0 aliphatic carbocycles. The molecule has 2 unspecified atom stereocenters. The van der Waals surface area contributed by atoms with Crippen LogP contribution in [0.2, 0.25) is 0 Å². The van der Waals surface area contributed by atoms with Gasteiger partial charge in [0.15, 0.2) is 0 Å². The summed E-state index contributed by atoms with van der Waals surface area (Å²) in [5.74, 6) is 0. The highest BCUT2D eigenvalue weighted by atomic mass is 16.6. The Kier molecular flexibility index (Phi) is 4.54. The predicted octanol–water partition coefficient (Wildman–Crippen LogP) is 2.75. The second kappa shape index (κ2) is 5.52. The molecule has 0 aromatic carbocycles. The molecule has 17 heavy (non-hydrogen) atoms. The Labute approximate surface area is 103 Å². The molecule has 1 fully saturated rings. The number of amides is 1. The van der Waals surface area contributed by atoms with Gasteiger partial charge in [-0.15, -0.1) is 0 Å². The minimum Gasteiger partial charge on any atom is -0.444 e. The SMILES string of the molecule is CC1CCCC(CC=O)N1C(=O)OC(C)(C)C. The summed E-state index contributed by atoms with van der Waals surface area (Å²) < 4.78 is 5.40. The van der Waals surface area contributed by atoms with Gasteiger partial charge in [-0.1, -0.05) is 0 Å². The van der Waals surface area contributed by atoms with Crippen molar-refractivity contribution in [2.45, 2.75) is 71.1 Å². The summed E-state index contributed by atoms with van der Waals surface area (Å²) in [6.45, 7) is 7.58. The molecule has 4 heteroatoms. The zero-order valence-corrected chi connectivity index (χ0v) is 11.2. The van der Waals surface area contributed by atoms with Crippen LogP contribution < -0.4 is 0 Å². The smallest absolute Gasteiger partial charge is 0.410 e. The van der Waals surface area contributed by atoms with Crippen molar-refractivity contribution < 1.29 is 14.3 Å². The number of hydrogen-bond acceptors (Lipinski definition) is 3. The average Bonchev–Trinajstić information content (AvgIpc) is 2.15. The van der Waals surface area contributed by atoms with E-state index in [4.69, 9.17) is 4.74 Å². The Balaban J connectivity index is 2.74. The van der Waals surface area contributed by atoms with E-state index >= 15 is 0 Å². The van der Waals surface area contributed by atoms with E-state index in [0.29, 0.717) is 6.42 Å². The van der Waals surface area contributed by atoms with E-state index in [1.165, 1.54) is 0 Å². The number of hydrogen-bond donors (Lipinski definition) is 0. The molecule has 1 aliphatic rings. The first-order valence-electron chi connectivity index (χ1n) is 6.30. The van der Waals surface area contributed by atoms with Gasteiger partial charge in [-0.3, -0.25) is 0 Å². The average molecular weight is 241 g/mol. The zero-order valence-electron chi connectivity index (χ0n) is 11.2. The summed E-state index contributed by atoms with van der Waals surface area (Å²) >= 11 is 0. The molecule has 0 N–H and O–H groups in total. The number of piperidine rings is 1. The number of nitrogens with zero attached hydrogens (tertiary/aromatic N) is 1. The quantitative estimate of drug-likeness (QED) is 0.698. The summed E-state index contributed by atoms with van der Waals surface area (Å²) in [7, 11) is 0. The highest BCUT2D eigenvalue weighted by Crippen LogP contribution is 2.26. The third-order valence-electron chi connectivity index (χ3n) is 3.00. The lowest BCUT2D eigenvalue weighted by atomic mass is 9.95. The third-order valence-corrected chi connectivity index (χ3v) is 3.00. The van der Waals surface area contributed by atoms with Crippen LogP contribution in [-0.2, 0) is 9.53 Å². The van der Waals surface area contributed by atoms with Crippen molar-refractivity contribution in [3.8, 4) is 0 Å². The molecule has 1 aliphatic heterocycles. The van der Waals surface area contributed by atoms with Crippen LogP contribution in [0.25, 0.3) is 0 Å². The van der Waals surface area contributed by atoms with Gasteiger partial charge in [0.05, 0.1) is 0 Å². The Morgan fingerprint density at radius 3 is 2.59 bits per heavy atom. The number of carbonyl (C=O) groups is 2. The molecule has 0 saturated carbocycles. The van der Waals surface area contributed by atoms with Gasteiger partial charge in [0, 0.05) is 18.5 Å². The molecule has 1 rings (SSSR count). The molecule has 0 radical (unpaired) electrons. The standard InChI is InChI=1S/C13H23NO3/c1-10-6-5-7-11(8-9-15)14(10)12(16)17-13(2,3)4/h9-11H,5-8H2,1-4H3. The van der Waals surface area contributed by atoms with Crippen LogP contribution in [0.3, 0.4) is 0 Å². The van der Waals surface area contributed by atoms with E-state index in [1.807, 2.05) is 27.7 Å². The molecule has 1 amide bonds. The van der Waals surface area contributed by atoms with Crippen molar-refractivity contribution in [2.24, 2.45) is 0 Å². The van der Waals surface area contributed by atoms with E-state index in [2.05, 4.69) is 0 Å². The minimum atomic E-state index is -0.486. The summed E-state index contributed by atoms with van der Waals surface area (Å²) in [6.07, 6.45) is 3.94. The first-order valence-corrected chi connectivity index (χ1v) is 6.30. The molecule has 2 atom stereocenters. The number of rotatable bonds is 2. The van der Waals surface area contributed by atoms with Crippen molar-refractivity contribution >= 4 is 12.4 Å². The second-order valence-electron chi connectivity index (χ2n) is 5.72. The van der Waals surface area contributed by atoms with Crippen LogP contribution in [-0.4, -0.2) is 35.0 Å². The highest BCUT2D eigenvalue weighted by Gasteiger charge is 2.34. The Hall–Kier alpha value is -1.06. The van der Waals surface area contributed by atoms with Crippen molar-refractivity contribution in [3.05, 3.63) is 0 Å². The number of carbonyl (C=O) groups excluding carboxylic acids is 2. The zero-order chi connectivity index (χ0) is 13.1. The molecular formula is C13H23NO3. The summed E-state index contributed by atoms with van der Waals surface area (Å²) in [6, 6.07) is 0.162. The van der Waals surface area contributed by atoms with Crippen molar-refractivity contribution in [3.63, 3.8) is 0 Å². The van der Waals surface area contributed by atoms with Crippen molar-refractivity contribution in [1.82, 2.24) is 4.90 Å². The molecule has 1 saturated heterocycles. The van der Waals surface area contributed by atoms with Crippen LogP contribution in [0.15, 0.2) is 0 Å². The van der Waals surface area contributed by atoms with Crippen LogP contribution in [0.4, 0.5) is 4.79 Å². The van der Waals surface area contributed by atoms with Crippen LogP contribution in [0.1, 0.15) is 53.4 Å². The van der Waals surface area contributed by atoms with Crippen LogP contribution >= 0.6 is 0 Å². The van der Waals surface area contributed by atoms with E-state index in [1.54, 1.807) is 4.90 Å². The first-order chi connectivity index (χ1) is 7.85. The summed E-state index contributed by atoms with van der Waals surface area (Å²) in [5, 5.41) is 0. The lowest BCUT2D eigenvalue weighted by Gasteiger charge is -2.40. The molecular weight excluding hydrogens is 218 g/mol. The molecule has 0 aromatic heterocycles. The maximum atomic E-state index is 12.1. The first kappa shape index (κ1) is 14.0. The normalized spacial score (nSPS) is 25.5. The van der Waals surface area contributed by atoms with E-state index in [9.17, 15) is 9.59 Å². The third kappa shape index (κ3) is 4.02. The Morgan fingerprint density at radius 2 is 2.06 bits per heavy atom. The molecule has 4 nitrogen and oxygen atoms in total. The van der Waals surface area contributed by atoms with Crippen molar-refractivity contribution in [1.29, 1.82) is 0 Å². The van der Waals surface area contributed by atoms with Gasteiger partial charge in [0.2, 0.25) is 0 Å². The Bertz CT molecular complexity index is 283. The minimum absolute atomic E-state index is 0.00565. The fourth-order valence-corrected chi connectivity index (χ4v) is 2.27. The second-order valence-corrected chi connectivity index (χ2v) is 5.72. The Morgan fingerprint density at radius 1 is 1.41 bits per heavy atom. The predicted molar refractivity (Wildman–Crippen MR) is 65.9 cm³/mol. The van der Waals surface area contributed by atoms with Gasteiger partial charge < -0.3 is 14.4 Å². The molecule has 0 bridgehead atoms. The molecule has 0 aromatic rings. The monoisotopic (exact) mass is 241 g/mol. The van der Waals surface area contributed by atoms with Gasteiger partial charge in [-0.2, -0.15) is 0 Å². The van der Waals surface area contributed by atoms with Crippen LogP contribution in [0.5, 0.6) is 0 Å². The lowest BCUT2D eigenvalue weighted by molar-refractivity contribution is -0.109. The van der Waals surface area contributed by atoms with Gasteiger partial charge >= 0.3 is 6.09 Å². The topological polar surface area (TPSA) is 46.6 Å². The largest absolute Gasteiger partial charge is 0.444 e. The van der Waals surface area contributed by atoms with E-state index < -0.39 is 5.60 Å². The highest BCUT2D eigenvalue weighted by molar-refractivity contribution is 5.69.